The number of hydrogen-bond acceptors (Lipinski definition) is 10. The quantitative estimate of drug-likeness (QED) is 0.163. The molecule has 13 heteroatoms. The van der Waals surface area contributed by atoms with Gasteiger partial charge in [0.1, 0.15) is 11.0 Å². The Morgan fingerprint density at radius 1 is 0.346 bits per heavy atom. The van der Waals surface area contributed by atoms with Crippen LogP contribution in [0.3, 0.4) is 0 Å². The molecule has 0 saturated heterocycles. The Hall–Kier alpha value is -10.8. The standard InChI is InChI=1S/C34H21N5O.C21H14BrN3.C13H8N2O/c1-3-10-22(11-4-1)32-36-33(23-12-5-2-6-13-23)38-34(37-32)24-14-9-15-25(20-24)39-28-17-8-7-16-26(28)27-18-19-29-30(31(27)39)35-21-40-29;22-18-13-7-12-17(14-18)21-24-19(15-8-3-1-4-9-15)23-20(25-21)16-10-5-2-6-11-16;1-2-4-10-8(3-1)9-5-6-11-13(12(9)15-10)14-7-16-11/h1-21H;1-14H;1-7,15H. The molecule has 0 atom stereocenters. The molecule has 16 rings (SSSR count). The topological polar surface area (TPSA) is 150 Å². The van der Waals surface area contributed by atoms with E-state index in [0.717, 1.165) is 98.6 Å². The number of aromatic amines is 1. The summed E-state index contributed by atoms with van der Waals surface area (Å²) < 4.78 is 14.2. The van der Waals surface area contributed by atoms with Gasteiger partial charge in [-0.3, -0.25) is 0 Å². The highest BCUT2D eigenvalue weighted by molar-refractivity contribution is 9.10. The van der Waals surface area contributed by atoms with Crippen LogP contribution >= 0.6 is 15.9 Å². The van der Waals surface area contributed by atoms with Gasteiger partial charge in [0.2, 0.25) is 0 Å². The lowest BCUT2D eigenvalue weighted by Gasteiger charge is -2.11. The molecule has 0 aliphatic carbocycles. The maximum Gasteiger partial charge on any atom is 0.182 e. The Kier molecular flexibility index (Phi) is 12.7. The Morgan fingerprint density at radius 3 is 1.33 bits per heavy atom. The summed E-state index contributed by atoms with van der Waals surface area (Å²) in [5.41, 5.74) is 14.2. The zero-order chi connectivity index (χ0) is 54.1. The molecule has 6 aromatic heterocycles. The van der Waals surface area contributed by atoms with Crippen molar-refractivity contribution in [3.8, 4) is 74.0 Å². The van der Waals surface area contributed by atoms with Crippen LogP contribution in [0.15, 0.2) is 269 Å². The monoisotopic (exact) mass is 1110 g/mol. The van der Waals surface area contributed by atoms with Gasteiger partial charge >= 0.3 is 0 Å². The summed E-state index contributed by atoms with van der Waals surface area (Å²) in [5, 5.41) is 4.70. The zero-order valence-electron chi connectivity index (χ0n) is 43.0. The van der Waals surface area contributed by atoms with Crippen LogP contribution in [0.4, 0.5) is 0 Å². The second-order valence-corrected chi connectivity index (χ2v) is 19.9. The number of para-hydroxylation sites is 2. The van der Waals surface area contributed by atoms with Crippen molar-refractivity contribution in [3.63, 3.8) is 0 Å². The fraction of sp³-hybridized carbons (Fsp3) is 0. The summed E-state index contributed by atoms with van der Waals surface area (Å²) >= 11 is 3.52. The lowest BCUT2D eigenvalue weighted by Crippen LogP contribution is -2.01. The molecule has 0 radical (unpaired) electrons. The first-order valence-electron chi connectivity index (χ1n) is 26.1. The van der Waals surface area contributed by atoms with E-state index in [1.165, 1.54) is 23.6 Å². The molecular weight excluding hydrogens is 1070 g/mol. The number of halogens is 1. The van der Waals surface area contributed by atoms with E-state index < -0.39 is 0 Å². The summed E-state index contributed by atoms with van der Waals surface area (Å²) in [6.07, 6.45) is 2.99. The van der Waals surface area contributed by atoms with Crippen LogP contribution in [-0.2, 0) is 0 Å². The van der Waals surface area contributed by atoms with Gasteiger partial charge in [-0.25, -0.2) is 39.9 Å². The predicted octanol–water partition coefficient (Wildman–Crippen LogP) is 17.2. The first-order chi connectivity index (χ1) is 40.1. The molecule has 384 valence electrons. The van der Waals surface area contributed by atoms with Gasteiger partial charge in [-0.05, 0) is 60.7 Å². The van der Waals surface area contributed by atoms with Crippen molar-refractivity contribution < 1.29 is 8.83 Å². The first-order valence-corrected chi connectivity index (χ1v) is 26.9. The molecule has 6 heterocycles. The third kappa shape index (κ3) is 9.53. The first kappa shape index (κ1) is 48.6. The summed E-state index contributed by atoms with van der Waals surface area (Å²) in [6.45, 7) is 0. The van der Waals surface area contributed by atoms with E-state index in [0.29, 0.717) is 34.9 Å². The molecule has 0 bridgehead atoms. The van der Waals surface area contributed by atoms with Crippen molar-refractivity contribution in [2.24, 2.45) is 0 Å². The van der Waals surface area contributed by atoms with Gasteiger partial charge in [0.15, 0.2) is 58.9 Å². The highest BCUT2D eigenvalue weighted by atomic mass is 79.9. The number of nitrogens with zero attached hydrogens (tertiary/aromatic N) is 9. The average molecular weight is 1110 g/mol. The SMILES string of the molecule is Brc1cccc(-c2nc(-c3ccccc3)nc(-c3ccccc3)n2)c1.c1ccc(-c2nc(-c3ccccc3)nc(-c3cccc(-n4c5ccccc5c5ccc6ocnc6c54)c3)n2)cc1.c1ccc2c(c1)[nH]c1c2ccc2ocnc21. The summed E-state index contributed by atoms with van der Waals surface area (Å²) in [6, 6.07) is 81.1. The number of fused-ring (bicyclic) bond motifs is 10. The Labute approximate surface area is 471 Å². The van der Waals surface area contributed by atoms with Crippen molar-refractivity contribution in [1.29, 1.82) is 0 Å². The van der Waals surface area contributed by atoms with Crippen molar-refractivity contribution in [2.45, 2.75) is 0 Å². The number of oxazole rings is 2. The molecule has 0 fully saturated rings. The third-order valence-electron chi connectivity index (χ3n) is 14.0. The highest BCUT2D eigenvalue weighted by Gasteiger charge is 2.19. The molecule has 10 aromatic carbocycles. The largest absolute Gasteiger partial charge is 0.443 e. The van der Waals surface area contributed by atoms with E-state index in [-0.39, 0.29) is 0 Å². The van der Waals surface area contributed by atoms with E-state index >= 15 is 0 Å². The number of hydrogen-bond donors (Lipinski definition) is 1. The lowest BCUT2D eigenvalue weighted by atomic mass is 10.1. The molecule has 16 aromatic rings. The van der Waals surface area contributed by atoms with Crippen LogP contribution in [0.25, 0.3) is 140 Å². The van der Waals surface area contributed by atoms with E-state index in [4.69, 9.17) is 33.8 Å². The number of H-pyrrole nitrogens is 1. The van der Waals surface area contributed by atoms with Gasteiger partial charge in [0.25, 0.3) is 0 Å². The van der Waals surface area contributed by atoms with Gasteiger partial charge in [0.05, 0.1) is 16.6 Å². The fourth-order valence-electron chi connectivity index (χ4n) is 10.2. The van der Waals surface area contributed by atoms with E-state index in [1.54, 1.807) is 0 Å². The minimum absolute atomic E-state index is 0.613. The third-order valence-corrected chi connectivity index (χ3v) is 14.5. The molecular formula is C68H43BrN10O2. The zero-order valence-corrected chi connectivity index (χ0v) is 44.6. The maximum absolute atomic E-state index is 5.66. The lowest BCUT2D eigenvalue weighted by molar-refractivity contribution is 0.602. The number of benzene rings is 10. The molecule has 0 spiro atoms. The number of nitrogens with one attached hydrogen (secondary N) is 1. The average Bonchev–Trinajstić information content (AvgIpc) is 4.41. The molecule has 0 aliphatic heterocycles. The normalized spacial score (nSPS) is 11.3. The van der Waals surface area contributed by atoms with Gasteiger partial charge in [-0.2, -0.15) is 0 Å². The second-order valence-electron chi connectivity index (χ2n) is 19.0. The van der Waals surface area contributed by atoms with Gasteiger partial charge in [-0.15, -0.1) is 0 Å². The molecule has 0 amide bonds. The van der Waals surface area contributed by atoms with Gasteiger partial charge < -0.3 is 18.4 Å². The Balaban J connectivity index is 0.000000121. The van der Waals surface area contributed by atoms with Crippen LogP contribution in [0.1, 0.15) is 0 Å². The van der Waals surface area contributed by atoms with E-state index in [2.05, 4.69) is 101 Å². The smallest absolute Gasteiger partial charge is 0.182 e. The second kappa shape index (κ2) is 21.2. The van der Waals surface area contributed by atoms with Crippen LogP contribution in [0, 0.1) is 0 Å². The Bertz CT molecular complexity index is 4790. The van der Waals surface area contributed by atoms with Gasteiger partial charge in [-0.1, -0.05) is 198 Å². The van der Waals surface area contributed by atoms with Crippen molar-refractivity contribution in [3.05, 3.63) is 260 Å². The van der Waals surface area contributed by atoms with Crippen LogP contribution < -0.4 is 0 Å². The van der Waals surface area contributed by atoms with Crippen molar-refractivity contribution in [1.82, 2.24) is 49.4 Å². The fourth-order valence-corrected chi connectivity index (χ4v) is 10.6. The summed E-state index contributed by atoms with van der Waals surface area (Å²) in [5.74, 6) is 3.89. The number of aromatic nitrogens is 10. The molecule has 0 aliphatic rings. The summed E-state index contributed by atoms with van der Waals surface area (Å²) in [7, 11) is 0. The minimum Gasteiger partial charge on any atom is -0.443 e. The molecule has 1 N–H and O–H groups in total. The number of rotatable bonds is 7. The predicted molar refractivity (Wildman–Crippen MR) is 325 cm³/mol. The van der Waals surface area contributed by atoms with E-state index in [9.17, 15) is 0 Å². The Morgan fingerprint density at radius 2 is 0.778 bits per heavy atom. The maximum atomic E-state index is 5.66. The van der Waals surface area contributed by atoms with Crippen LogP contribution in [0.2, 0.25) is 0 Å². The van der Waals surface area contributed by atoms with Crippen molar-refractivity contribution in [2.75, 3.05) is 0 Å². The highest BCUT2D eigenvalue weighted by Crippen LogP contribution is 2.38. The molecule has 81 heavy (non-hydrogen) atoms. The van der Waals surface area contributed by atoms with E-state index in [1.807, 2.05) is 182 Å². The minimum atomic E-state index is 0.613. The van der Waals surface area contributed by atoms with Crippen LogP contribution in [-0.4, -0.2) is 49.4 Å². The molecule has 12 nitrogen and oxygen atoms in total. The van der Waals surface area contributed by atoms with Gasteiger partial charge in [0, 0.05) is 70.6 Å². The van der Waals surface area contributed by atoms with Crippen molar-refractivity contribution >= 4 is 81.7 Å². The van der Waals surface area contributed by atoms with Crippen LogP contribution in [0.5, 0.6) is 0 Å². The summed E-state index contributed by atoms with van der Waals surface area (Å²) in [4.78, 5) is 41.0. The molecule has 0 saturated carbocycles. The molecule has 0 unspecified atom stereocenters.